The van der Waals surface area contributed by atoms with Crippen molar-refractivity contribution in [1.29, 1.82) is 0 Å². The topological polar surface area (TPSA) is 58.6 Å². The van der Waals surface area contributed by atoms with Crippen molar-refractivity contribution < 1.29 is 0 Å². The van der Waals surface area contributed by atoms with Crippen LogP contribution in [0, 0.1) is 6.92 Å². The molecule has 2 heterocycles. The van der Waals surface area contributed by atoms with Crippen LogP contribution in [0.2, 0.25) is 0 Å². The fourth-order valence-corrected chi connectivity index (χ4v) is 1.25. The molecule has 0 fully saturated rings. The van der Waals surface area contributed by atoms with E-state index in [1.165, 1.54) is 6.20 Å². The van der Waals surface area contributed by atoms with Gasteiger partial charge < -0.3 is 4.98 Å². The lowest BCUT2D eigenvalue weighted by molar-refractivity contribution is 1.08. The zero-order chi connectivity index (χ0) is 9.97. The SMILES string of the molecule is Cc1cc(-c2ccnc(=O)[nH]2)ccn1. The Morgan fingerprint density at radius 2 is 2.00 bits per heavy atom. The lowest BCUT2D eigenvalue weighted by atomic mass is 10.2. The van der Waals surface area contributed by atoms with Gasteiger partial charge in [-0.2, -0.15) is 0 Å². The maximum Gasteiger partial charge on any atom is 0.345 e. The number of nitrogens with one attached hydrogen (secondary N) is 1. The molecular weight excluding hydrogens is 178 g/mol. The highest BCUT2D eigenvalue weighted by atomic mass is 16.1. The standard InChI is InChI=1S/C10H9N3O/c1-7-6-8(2-4-11-7)9-3-5-12-10(14)13-9/h2-6H,1H3,(H,12,13,14). The molecule has 0 amide bonds. The van der Waals surface area contributed by atoms with Crippen LogP contribution in [0.4, 0.5) is 0 Å². The molecule has 2 rings (SSSR count). The van der Waals surface area contributed by atoms with Gasteiger partial charge in [-0.1, -0.05) is 0 Å². The average molecular weight is 187 g/mol. The summed E-state index contributed by atoms with van der Waals surface area (Å²) in [4.78, 5) is 21.3. The zero-order valence-electron chi connectivity index (χ0n) is 7.69. The van der Waals surface area contributed by atoms with E-state index in [1.807, 2.05) is 19.1 Å². The van der Waals surface area contributed by atoms with Gasteiger partial charge in [0, 0.05) is 23.7 Å². The second kappa shape index (κ2) is 3.41. The van der Waals surface area contributed by atoms with Crippen molar-refractivity contribution in [3.63, 3.8) is 0 Å². The molecule has 0 radical (unpaired) electrons. The van der Waals surface area contributed by atoms with E-state index in [0.717, 1.165) is 17.0 Å². The van der Waals surface area contributed by atoms with Crippen molar-refractivity contribution in [2.45, 2.75) is 6.92 Å². The molecule has 0 aromatic carbocycles. The molecule has 0 saturated heterocycles. The maximum atomic E-state index is 11.0. The zero-order valence-corrected chi connectivity index (χ0v) is 7.69. The van der Waals surface area contributed by atoms with Gasteiger partial charge in [-0.3, -0.25) is 4.98 Å². The van der Waals surface area contributed by atoms with Crippen LogP contribution in [0.15, 0.2) is 35.4 Å². The Labute approximate surface area is 80.7 Å². The summed E-state index contributed by atoms with van der Waals surface area (Å²) in [7, 11) is 0. The van der Waals surface area contributed by atoms with E-state index in [-0.39, 0.29) is 5.69 Å². The summed E-state index contributed by atoms with van der Waals surface area (Å²) >= 11 is 0. The van der Waals surface area contributed by atoms with E-state index in [2.05, 4.69) is 15.0 Å². The third kappa shape index (κ3) is 1.69. The highest BCUT2D eigenvalue weighted by Gasteiger charge is 1.98. The van der Waals surface area contributed by atoms with Crippen molar-refractivity contribution in [3.8, 4) is 11.3 Å². The van der Waals surface area contributed by atoms with Gasteiger partial charge in [-0.15, -0.1) is 0 Å². The normalized spacial score (nSPS) is 10.1. The van der Waals surface area contributed by atoms with Crippen molar-refractivity contribution >= 4 is 0 Å². The third-order valence-corrected chi connectivity index (χ3v) is 1.88. The molecule has 4 nitrogen and oxygen atoms in total. The molecule has 4 heteroatoms. The Morgan fingerprint density at radius 1 is 1.21 bits per heavy atom. The number of aromatic amines is 1. The first-order valence-electron chi connectivity index (χ1n) is 4.24. The fourth-order valence-electron chi connectivity index (χ4n) is 1.25. The fraction of sp³-hybridized carbons (Fsp3) is 0.100. The molecule has 2 aromatic rings. The molecule has 1 N–H and O–H groups in total. The molecule has 0 aliphatic carbocycles. The summed E-state index contributed by atoms with van der Waals surface area (Å²) in [6, 6.07) is 5.51. The van der Waals surface area contributed by atoms with E-state index < -0.39 is 0 Å². The van der Waals surface area contributed by atoms with Gasteiger partial charge in [-0.25, -0.2) is 9.78 Å². The quantitative estimate of drug-likeness (QED) is 0.728. The van der Waals surface area contributed by atoms with Crippen LogP contribution in [0.1, 0.15) is 5.69 Å². The molecule has 70 valence electrons. The Bertz CT molecular complexity index is 504. The predicted octanol–water partition coefficient (Wildman–Crippen LogP) is 1.14. The lowest BCUT2D eigenvalue weighted by Crippen LogP contribution is -2.09. The maximum absolute atomic E-state index is 11.0. The van der Waals surface area contributed by atoms with Crippen LogP contribution in [0.5, 0.6) is 0 Å². The van der Waals surface area contributed by atoms with Gasteiger partial charge in [0.05, 0.1) is 5.69 Å². The van der Waals surface area contributed by atoms with E-state index in [9.17, 15) is 4.79 Å². The van der Waals surface area contributed by atoms with Gasteiger partial charge in [0.2, 0.25) is 0 Å². The van der Waals surface area contributed by atoms with Gasteiger partial charge in [0.1, 0.15) is 0 Å². The second-order valence-electron chi connectivity index (χ2n) is 2.97. The van der Waals surface area contributed by atoms with E-state index >= 15 is 0 Å². The summed E-state index contributed by atoms with van der Waals surface area (Å²) in [5, 5.41) is 0. The summed E-state index contributed by atoms with van der Waals surface area (Å²) in [6.45, 7) is 1.91. The highest BCUT2D eigenvalue weighted by molar-refractivity contribution is 5.57. The minimum Gasteiger partial charge on any atom is -0.305 e. The molecule has 14 heavy (non-hydrogen) atoms. The number of H-pyrrole nitrogens is 1. The van der Waals surface area contributed by atoms with Crippen LogP contribution in [-0.2, 0) is 0 Å². The summed E-state index contributed by atoms with van der Waals surface area (Å²) in [6.07, 6.45) is 3.20. The lowest BCUT2D eigenvalue weighted by Gasteiger charge is -2.00. The monoisotopic (exact) mass is 187 g/mol. The summed E-state index contributed by atoms with van der Waals surface area (Å²) in [5.74, 6) is 0. The number of nitrogens with zero attached hydrogens (tertiary/aromatic N) is 2. The first-order chi connectivity index (χ1) is 6.75. The Balaban J connectivity index is 2.55. The van der Waals surface area contributed by atoms with Gasteiger partial charge in [0.25, 0.3) is 0 Å². The second-order valence-corrected chi connectivity index (χ2v) is 2.97. The molecule has 0 bridgehead atoms. The predicted molar refractivity (Wildman–Crippen MR) is 52.8 cm³/mol. The molecule has 0 aliphatic rings. The molecular formula is C10H9N3O. The van der Waals surface area contributed by atoms with Crippen molar-refractivity contribution in [2.24, 2.45) is 0 Å². The van der Waals surface area contributed by atoms with Crippen LogP contribution in [0.25, 0.3) is 11.3 Å². The molecule has 0 atom stereocenters. The number of aryl methyl sites for hydroxylation is 1. The minimum atomic E-state index is -0.336. The number of pyridine rings is 1. The number of aromatic nitrogens is 3. The van der Waals surface area contributed by atoms with Gasteiger partial charge in [0.15, 0.2) is 0 Å². The highest BCUT2D eigenvalue weighted by Crippen LogP contribution is 2.14. The van der Waals surface area contributed by atoms with Crippen molar-refractivity contribution in [2.75, 3.05) is 0 Å². The van der Waals surface area contributed by atoms with E-state index in [0.29, 0.717) is 0 Å². The Morgan fingerprint density at radius 3 is 2.71 bits per heavy atom. The van der Waals surface area contributed by atoms with Crippen molar-refractivity contribution in [3.05, 3.63) is 46.8 Å². The largest absolute Gasteiger partial charge is 0.345 e. The Kier molecular flexibility index (Phi) is 2.10. The summed E-state index contributed by atoms with van der Waals surface area (Å²) < 4.78 is 0. The first-order valence-corrected chi connectivity index (χ1v) is 4.24. The minimum absolute atomic E-state index is 0.336. The molecule has 2 aromatic heterocycles. The van der Waals surface area contributed by atoms with E-state index in [1.54, 1.807) is 12.3 Å². The van der Waals surface area contributed by atoms with Crippen molar-refractivity contribution in [1.82, 2.24) is 15.0 Å². The van der Waals surface area contributed by atoms with Crippen LogP contribution in [-0.4, -0.2) is 15.0 Å². The average Bonchev–Trinajstić information content (AvgIpc) is 2.18. The third-order valence-electron chi connectivity index (χ3n) is 1.88. The number of hydrogen-bond acceptors (Lipinski definition) is 3. The van der Waals surface area contributed by atoms with Crippen LogP contribution < -0.4 is 5.69 Å². The Hall–Kier alpha value is -1.97. The summed E-state index contributed by atoms with van der Waals surface area (Å²) in [5.41, 5.74) is 2.28. The number of hydrogen-bond donors (Lipinski definition) is 1. The van der Waals surface area contributed by atoms with E-state index in [4.69, 9.17) is 0 Å². The van der Waals surface area contributed by atoms with Crippen LogP contribution >= 0.6 is 0 Å². The molecule has 0 saturated carbocycles. The van der Waals surface area contributed by atoms with Gasteiger partial charge in [-0.05, 0) is 25.1 Å². The molecule has 0 unspecified atom stereocenters. The molecule has 0 aliphatic heterocycles. The molecule has 0 spiro atoms. The first kappa shape index (κ1) is 8.62. The number of rotatable bonds is 1. The smallest absolute Gasteiger partial charge is 0.305 e. The van der Waals surface area contributed by atoms with Gasteiger partial charge >= 0.3 is 5.69 Å². The van der Waals surface area contributed by atoms with Crippen LogP contribution in [0.3, 0.4) is 0 Å².